The molecule has 2 saturated carbocycles. The molecule has 1 aliphatic heterocycles. The number of aryl methyl sites for hydroxylation is 1. The van der Waals surface area contributed by atoms with Crippen molar-refractivity contribution in [1.82, 2.24) is 4.90 Å². The van der Waals surface area contributed by atoms with Crippen molar-refractivity contribution in [2.45, 2.75) is 151 Å². The third-order valence-electron chi connectivity index (χ3n) is 8.03. The van der Waals surface area contributed by atoms with Crippen LogP contribution in [0.3, 0.4) is 0 Å². The molecule has 0 spiro atoms. The summed E-state index contributed by atoms with van der Waals surface area (Å²) >= 11 is 0. The standard InChI is InChI=1S/C15H17NO2.C10H18O.C6H13N.C4H10.C2H6.CH4O/c1-9-6-13(12-4-5-12)7-14(8-17)15(9)16-10(2)11(3)18;1-2-10(11)8-9-6-4-3-5-7-9;1-7-5-3-2-4-6-7;1-3-4-2;2*1-2/h6-8,12H,4-5H2,1-3H3;9H,2-8H2,1H3;2-6H2,1H3;3-4H2,1-2H3;1-2H3;2H,1H3. The van der Waals surface area contributed by atoms with E-state index in [0.29, 0.717) is 28.7 Å². The Kier molecular flexibility index (Phi) is 28.3. The number of nitrogens with zero attached hydrogens (tertiary/aromatic N) is 2. The Morgan fingerprint density at radius 1 is 0.886 bits per heavy atom. The molecule has 0 bridgehead atoms. The molecule has 1 saturated heterocycles. The minimum Gasteiger partial charge on any atom is -0.400 e. The van der Waals surface area contributed by atoms with E-state index >= 15 is 0 Å². The number of hydrogen-bond donors (Lipinski definition) is 1. The number of ketones is 2. The van der Waals surface area contributed by atoms with Crippen LogP contribution in [0.1, 0.15) is 166 Å². The highest BCUT2D eigenvalue weighted by Crippen LogP contribution is 2.42. The number of aldehydes is 1. The maximum atomic E-state index is 11.2. The van der Waals surface area contributed by atoms with E-state index in [4.69, 9.17) is 5.11 Å². The molecule has 6 nitrogen and oxygen atoms in total. The molecule has 0 unspecified atom stereocenters. The van der Waals surface area contributed by atoms with Gasteiger partial charge >= 0.3 is 0 Å². The van der Waals surface area contributed by atoms with Gasteiger partial charge in [-0.25, -0.2) is 4.99 Å². The highest BCUT2D eigenvalue weighted by molar-refractivity contribution is 6.38. The van der Waals surface area contributed by atoms with E-state index in [2.05, 4.69) is 36.9 Å². The Bertz CT molecular complexity index is 923. The summed E-state index contributed by atoms with van der Waals surface area (Å²) in [7, 11) is 3.19. The van der Waals surface area contributed by atoms with Crippen LogP contribution in [0.15, 0.2) is 17.1 Å². The lowest BCUT2D eigenvalue weighted by molar-refractivity contribution is -0.119. The predicted octanol–water partition coefficient (Wildman–Crippen LogP) is 9.85. The zero-order valence-corrected chi connectivity index (χ0v) is 30.3. The monoisotopic (exact) mass is 617 g/mol. The van der Waals surface area contributed by atoms with Crippen molar-refractivity contribution in [2.75, 3.05) is 27.2 Å². The van der Waals surface area contributed by atoms with Crippen LogP contribution >= 0.6 is 0 Å². The van der Waals surface area contributed by atoms with Gasteiger partial charge in [0.05, 0.1) is 11.4 Å². The average molecular weight is 617 g/mol. The Morgan fingerprint density at radius 3 is 1.80 bits per heavy atom. The Hall–Kier alpha value is -2.18. The van der Waals surface area contributed by atoms with Crippen molar-refractivity contribution in [3.63, 3.8) is 0 Å². The van der Waals surface area contributed by atoms with Gasteiger partial charge in [0.2, 0.25) is 0 Å². The van der Waals surface area contributed by atoms with E-state index in [1.165, 1.54) is 103 Å². The van der Waals surface area contributed by atoms with Crippen molar-refractivity contribution in [1.29, 1.82) is 0 Å². The van der Waals surface area contributed by atoms with Gasteiger partial charge in [0, 0.05) is 32.4 Å². The fraction of sp³-hybridized carbons (Fsp3) is 0.737. The van der Waals surface area contributed by atoms with Crippen molar-refractivity contribution in [3.05, 3.63) is 28.8 Å². The van der Waals surface area contributed by atoms with Gasteiger partial charge in [-0.15, -0.1) is 0 Å². The number of unbranched alkanes of at least 4 members (excludes halogenated alkanes) is 1. The van der Waals surface area contributed by atoms with Crippen LogP contribution in [-0.2, 0) is 9.59 Å². The first-order valence-electron chi connectivity index (χ1n) is 17.5. The van der Waals surface area contributed by atoms with Gasteiger partial charge in [-0.05, 0) is 88.7 Å². The molecule has 1 aromatic rings. The minimum atomic E-state index is -0.0717. The first-order valence-corrected chi connectivity index (χ1v) is 17.5. The fourth-order valence-corrected chi connectivity index (χ4v) is 4.89. The number of benzene rings is 1. The summed E-state index contributed by atoms with van der Waals surface area (Å²) in [6.45, 7) is 18.1. The number of rotatable bonds is 8. The zero-order valence-electron chi connectivity index (χ0n) is 30.3. The van der Waals surface area contributed by atoms with E-state index in [1.807, 2.05) is 33.8 Å². The molecule has 0 atom stereocenters. The zero-order chi connectivity index (χ0) is 33.9. The highest BCUT2D eigenvalue weighted by Gasteiger charge is 2.25. The maximum Gasteiger partial charge on any atom is 0.173 e. The van der Waals surface area contributed by atoms with Gasteiger partial charge in [0.15, 0.2) is 12.1 Å². The second-order valence-electron chi connectivity index (χ2n) is 11.9. The van der Waals surface area contributed by atoms with Crippen molar-refractivity contribution in [3.8, 4) is 0 Å². The molecule has 0 amide bonds. The number of Topliss-reactive ketones (excluding diaryl/α,β-unsaturated/α-hetero) is 2. The van der Waals surface area contributed by atoms with Gasteiger partial charge in [0.1, 0.15) is 5.78 Å². The van der Waals surface area contributed by atoms with E-state index in [9.17, 15) is 14.4 Å². The number of hydrogen-bond acceptors (Lipinski definition) is 6. The molecule has 2 aliphatic carbocycles. The summed E-state index contributed by atoms with van der Waals surface area (Å²) in [6, 6.07) is 3.99. The molecule has 6 heteroatoms. The van der Waals surface area contributed by atoms with E-state index in [1.54, 1.807) is 6.92 Å². The van der Waals surface area contributed by atoms with Crippen LogP contribution in [0.25, 0.3) is 0 Å². The molecule has 1 heterocycles. The molecule has 44 heavy (non-hydrogen) atoms. The van der Waals surface area contributed by atoms with Gasteiger partial charge in [-0.1, -0.05) is 92.1 Å². The molecule has 0 radical (unpaired) electrons. The number of aliphatic hydroxyl groups is 1. The topological polar surface area (TPSA) is 87.0 Å². The van der Waals surface area contributed by atoms with E-state index in [0.717, 1.165) is 37.7 Å². The number of piperidine rings is 1. The number of carbonyl (C=O) groups is 3. The molecule has 254 valence electrons. The van der Waals surface area contributed by atoms with Crippen LogP contribution in [0, 0.1) is 12.8 Å². The van der Waals surface area contributed by atoms with Crippen LogP contribution in [0.2, 0.25) is 0 Å². The lowest BCUT2D eigenvalue weighted by Crippen LogP contribution is -2.24. The van der Waals surface area contributed by atoms with Crippen molar-refractivity contribution in [2.24, 2.45) is 10.9 Å². The number of likely N-dealkylation sites (tertiary alicyclic amines) is 1. The number of aliphatic imine (C=N–C) groups is 1. The minimum absolute atomic E-state index is 0.0717. The fourth-order valence-electron chi connectivity index (χ4n) is 4.89. The van der Waals surface area contributed by atoms with Crippen molar-refractivity contribution >= 4 is 29.3 Å². The third kappa shape index (κ3) is 20.7. The van der Waals surface area contributed by atoms with Crippen molar-refractivity contribution < 1.29 is 19.5 Å². The second-order valence-corrected chi connectivity index (χ2v) is 11.9. The molecule has 4 rings (SSSR count). The first kappa shape index (κ1) is 43.9. The van der Waals surface area contributed by atoms with Crippen LogP contribution in [-0.4, -0.2) is 60.8 Å². The van der Waals surface area contributed by atoms with Crippen LogP contribution < -0.4 is 0 Å². The maximum absolute atomic E-state index is 11.2. The molecule has 1 N–H and O–H groups in total. The van der Waals surface area contributed by atoms with Gasteiger partial charge in [-0.3, -0.25) is 14.4 Å². The molecular weight excluding hydrogens is 548 g/mol. The SMILES string of the molecule is CC.CC(=O)C(C)=Nc1c(C)cc(C2CC2)cc1C=O.CCC(=O)CC1CCCCC1.CCCC.CN1CCCCC1.CO. The average Bonchev–Trinajstić information content (AvgIpc) is 3.91. The second kappa shape index (κ2) is 28.3. The smallest absolute Gasteiger partial charge is 0.173 e. The molecular formula is C38H68N2O4. The molecule has 1 aromatic carbocycles. The summed E-state index contributed by atoms with van der Waals surface area (Å²) in [4.78, 5) is 40.2. The van der Waals surface area contributed by atoms with Crippen LogP contribution in [0.5, 0.6) is 0 Å². The summed E-state index contributed by atoms with van der Waals surface area (Å²) in [5, 5.41) is 7.00. The third-order valence-corrected chi connectivity index (χ3v) is 8.03. The van der Waals surface area contributed by atoms with E-state index in [-0.39, 0.29) is 5.78 Å². The first-order chi connectivity index (χ1) is 21.2. The molecule has 3 aliphatic rings. The normalized spacial score (nSPS) is 16.4. The van der Waals surface area contributed by atoms with Crippen LogP contribution in [0.4, 0.5) is 5.69 Å². The largest absolute Gasteiger partial charge is 0.400 e. The number of carbonyl (C=O) groups excluding carboxylic acids is 3. The summed E-state index contributed by atoms with van der Waals surface area (Å²) < 4.78 is 0. The highest BCUT2D eigenvalue weighted by atomic mass is 16.2. The summed E-state index contributed by atoms with van der Waals surface area (Å²) in [5.41, 5.74) is 3.82. The van der Waals surface area contributed by atoms with Gasteiger partial charge in [-0.2, -0.15) is 0 Å². The predicted molar refractivity (Wildman–Crippen MR) is 190 cm³/mol. The number of aliphatic hydroxyl groups excluding tert-OH is 1. The quantitative estimate of drug-likeness (QED) is 0.232. The van der Waals surface area contributed by atoms with Gasteiger partial charge in [0.25, 0.3) is 0 Å². The Balaban J connectivity index is 0. The lowest BCUT2D eigenvalue weighted by atomic mass is 9.85. The summed E-state index contributed by atoms with van der Waals surface area (Å²) in [5.74, 6) is 1.72. The van der Waals surface area contributed by atoms with E-state index < -0.39 is 0 Å². The summed E-state index contributed by atoms with van der Waals surface area (Å²) in [6.07, 6.45) is 18.4. The lowest BCUT2D eigenvalue weighted by Gasteiger charge is -2.20. The van der Waals surface area contributed by atoms with Gasteiger partial charge < -0.3 is 10.0 Å². The Morgan fingerprint density at radius 2 is 1.41 bits per heavy atom. The molecule has 0 aromatic heterocycles. The Labute approximate surface area is 271 Å². The molecule has 3 fully saturated rings.